The molecule has 0 atom stereocenters. The summed E-state index contributed by atoms with van der Waals surface area (Å²) >= 11 is 0. The van der Waals surface area contributed by atoms with Gasteiger partial charge in [0.1, 0.15) is 0 Å². The van der Waals surface area contributed by atoms with Crippen LogP contribution in [-0.4, -0.2) is 0 Å². The maximum Gasteiger partial charge on any atom is 0.0573 e. The highest BCUT2D eigenvalue weighted by Gasteiger charge is 1.69. The average Bonchev–Trinajstić information content (AvgIpc) is 1.99. The first kappa shape index (κ1) is 2.17. The van der Waals surface area contributed by atoms with Crippen LogP contribution in [-0.2, 0) is 0 Å². The summed E-state index contributed by atoms with van der Waals surface area (Å²) in [6, 6.07) is -0.00204. The van der Waals surface area contributed by atoms with E-state index in [0.717, 1.165) is 5.57 Å². The molecule has 0 aromatic carbocycles. The van der Waals surface area contributed by atoms with E-state index < -0.39 is 6.53 Å². The molecule has 0 unspecified atom stereocenters. The van der Waals surface area contributed by atoms with Crippen molar-refractivity contribution in [3.63, 3.8) is 0 Å². The topological polar surface area (TPSA) is 0 Å². The number of hydrogen-bond donors (Lipinski definition) is 0. The van der Waals surface area contributed by atoms with Crippen LogP contribution in [0.2, 0.25) is 0 Å². The summed E-state index contributed by atoms with van der Waals surface area (Å²) in [5, 5.41) is 0. The van der Waals surface area contributed by atoms with Crippen molar-refractivity contribution in [2.45, 2.75) is 20.2 Å². The van der Waals surface area contributed by atoms with Crippen molar-refractivity contribution >= 4 is 0 Å². The van der Waals surface area contributed by atoms with Gasteiger partial charge in [0.15, 0.2) is 0 Å². The van der Waals surface area contributed by atoms with Crippen molar-refractivity contribution in [3.05, 3.63) is 24.2 Å². The Balaban J connectivity index is 3.99. The van der Waals surface area contributed by atoms with Crippen LogP contribution in [0, 0.1) is 0 Å². The van der Waals surface area contributed by atoms with Gasteiger partial charge in [-0.3, -0.25) is 0 Å². The Morgan fingerprint density at radius 3 is 3.71 bits per heavy atom. The molecule has 0 aromatic heterocycles. The van der Waals surface area contributed by atoms with Gasteiger partial charge in [-0.1, -0.05) is 17.7 Å². The second kappa shape index (κ2) is 3.66. The van der Waals surface area contributed by atoms with Crippen LogP contribution in [0.4, 0.5) is 0 Å². The monoisotopic (exact) mass is 100 g/mol. The summed E-state index contributed by atoms with van der Waals surface area (Å²) in [5.41, 5.74) is 0.871. The van der Waals surface area contributed by atoms with Crippen LogP contribution in [0.1, 0.15) is 25.7 Å². The molecule has 0 radical (unpaired) electrons. The van der Waals surface area contributed by atoms with E-state index in [1.807, 2.05) is 0 Å². The fourth-order valence-corrected chi connectivity index (χ4v) is 0.225. The Morgan fingerprint density at radius 2 is 3.14 bits per heavy atom. The Kier molecular flexibility index (Phi) is 1.13. The quantitative estimate of drug-likeness (QED) is 0.468. The van der Waals surface area contributed by atoms with Crippen LogP contribution in [0.5, 0.6) is 0 Å². The maximum atomic E-state index is 7.09. The minimum atomic E-state index is -0.445. The highest BCUT2D eigenvalue weighted by atomic mass is 13.8. The Hall–Kier alpha value is -0.520. The largest absolute Gasteiger partial charge is 0.103 e. The average molecular weight is 100 g/mol. The predicted molar refractivity (Wildman–Crippen MR) is 34.2 cm³/mol. The molecular formula is C7H12. The van der Waals surface area contributed by atoms with E-state index in [1.54, 1.807) is 13.0 Å². The lowest BCUT2D eigenvalue weighted by molar-refractivity contribution is 1.28. The molecule has 7 heavy (non-hydrogen) atoms. The second-order valence-corrected chi connectivity index (χ2v) is 1.43. The highest BCUT2D eigenvalue weighted by molar-refractivity contribution is 4.96. The minimum Gasteiger partial charge on any atom is -0.103 e. The lowest BCUT2D eigenvalue weighted by Crippen LogP contribution is -1.60. The summed E-state index contributed by atoms with van der Waals surface area (Å²) in [7, 11) is 0. The van der Waals surface area contributed by atoms with Crippen molar-refractivity contribution in [1.29, 1.82) is 0 Å². The Bertz CT molecular complexity index is 177. The first-order chi connectivity index (χ1) is 5.07. The summed E-state index contributed by atoms with van der Waals surface area (Å²) < 4.78 is 27.6. The van der Waals surface area contributed by atoms with Gasteiger partial charge in [-0.05, 0) is 20.2 Å². The van der Waals surface area contributed by atoms with Crippen molar-refractivity contribution in [1.82, 2.24) is 0 Å². The molecule has 0 N–H and O–H groups in total. The van der Waals surface area contributed by atoms with Crippen LogP contribution in [0.3, 0.4) is 0 Å². The van der Waals surface area contributed by atoms with E-state index in [2.05, 4.69) is 0 Å². The van der Waals surface area contributed by atoms with E-state index in [4.69, 9.17) is 5.48 Å². The minimum absolute atomic E-state index is 0.00204. The summed E-state index contributed by atoms with van der Waals surface area (Å²) in [6.07, 6.45) is 2.01. The zero-order chi connectivity index (χ0) is 8.85. The lowest BCUT2D eigenvalue weighted by Gasteiger charge is -1.81. The molecule has 0 fully saturated rings. The number of hydrogen-bond acceptors (Lipinski definition) is 0. The molecule has 0 saturated heterocycles. The van der Waals surface area contributed by atoms with Gasteiger partial charge in [0.2, 0.25) is 0 Å². The van der Waals surface area contributed by atoms with Gasteiger partial charge in [-0.25, -0.2) is 0 Å². The standard InChI is InChI=1S/C7H12/c1-4-5-6-7(2)3/h4,6H,1,5H2,2-3H3/i1D2,2D,4D/b7-6+. The van der Waals surface area contributed by atoms with Crippen molar-refractivity contribution in [2.24, 2.45) is 0 Å². The molecule has 0 nitrogen and oxygen atoms in total. The van der Waals surface area contributed by atoms with Gasteiger partial charge in [0.05, 0.1) is 4.11 Å². The van der Waals surface area contributed by atoms with Gasteiger partial charge in [0.25, 0.3) is 0 Å². The zero-order valence-corrected chi connectivity index (χ0v) is 4.49. The summed E-state index contributed by atoms with van der Waals surface area (Å²) in [5.74, 6) is 0. The maximum absolute atomic E-state index is 7.09. The molecular weight excluding hydrogens is 84.1 g/mol. The smallest absolute Gasteiger partial charge is 0.0573 e. The molecule has 0 heterocycles. The van der Waals surface area contributed by atoms with Gasteiger partial charge >= 0.3 is 0 Å². The molecule has 0 bridgehead atoms. The third-order valence-electron chi connectivity index (χ3n) is 0.553. The third kappa shape index (κ3) is 5.48. The molecule has 0 aromatic rings. The van der Waals surface area contributed by atoms with E-state index in [-0.39, 0.29) is 13.0 Å². The molecule has 0 aliphatic heterocycles. The first-order valence-corrected chi connectivity index (χ1v) is 2.15. The van der Waals surface area contributed by atoms with Crippen molar-refractivity contribution in [3.8, 4) is 0 Å². The lowest BCUT2D eigenvalue weighted by atomic mass is 10.3. The predicted octanol–water partition coefficient (Wildman–Crippen LogP) is 2.53. The van der Waals surface area contributed by atoms with Gasteiger partial charge in [-0.15, -0.1) is 6.53 Å². The normalized spacial score (nSPS) is 18.7. The molecule has 0 aliphatic rings. The van der Waals surface area contributed by atoms with Crippen molar-refractivity contribution in [2.75, 3.05) is 0 Å². The number of allylic oxidation sites excluding steroid dienone is 3. The molecule has 40 valence electrons. The molecule has 0 saturated carbocycles. The zero-order valence-electron chi connectivity index (χ0n) is 8.49. The second-order valence-electron chi connectivity index (χ2n) is 1.43. The van der Waals surface area contributed by atoms with Crippen LogP contribution in [0.25, 0.3) is 0 Å². The Labute approximate surface area is 51.2 Å². The van der Waals surface area contributed by atoms with Crippen LogP contribution in [0.15, 0.2) is 24.2 Å². The van der Waals surface area contributed by atoms with Gasteiger partial charge in [-0.2, -0.15) is 0 Å². The van der Waals surface area contributed by atoms with Crippen LogP contribution < -0.4 is 0 Å². The highest BCUT2D eigenvalue weighted by Crippen LogP contribution is 1.91. The molecule has 0 aliphatic carbocycles. The summed E-state index contributed by atoms with van der Waals surface area (Å²) in [4.78, 5) is 0. The fraction of sp³-hybridized carbons (Fsp3) is 0.429. The van der Waals surface area contributed by atoms with Gasteiger partial charge < -0.3 is 0 Å². The van der Waals surface area contributed by atoms with Gasteiger partial charge in [0, 0.05) is 1.37 Å². The first-order valence-electron chi connectivity index (χ1n) is 4.36. The molecule has 0 amide bonds. The summed E-state index contributed by atoms with van der Waals surface area (Å²) in [6.45, 7) is 1.57. The van der Waals surface area contributed by atoms with Crippen molar-refractivity contribution < 1.29 is 5.48 Å². The number of rotatable bonds is 2. The molecule has 0 spiro atoms. The van der Waals surface area contributed by atoms with E-state index in [1.165, 1.54) is 0 Å². The van der Waals surface area contributed by atoms with E-state index in [9.17, 15) is 0 Å². The SMILES string of the molecule is [2H]C/C(C)=C\CC([2H])=C([2H])[2H]. The van der Waals surface area contributed by atoms with E-state index >= 15 is 0 Å². The molecule has 0 rings (SSSR count). The third-order valence-corrected chi connectivity index (χ3v) is 0.553. The fourth-order valence-electron chi connectivity index (χ4n) is 0.225. The van der Waals surface area contributed by atoms with Crippen LogP contribution >= 0.6 is 0 Å². The Morgan fingerprint density at radius 1 is 2.29 bits per heavy atom. The molecule has 0 heteroatoms. The van der Waals surface area contributed by atoms with E-state index in [0.29, 0.717) is 6.42 Å².